The van der Waals surface area contributed by atoms with Gasteiger partial charge < -0.3 is 14.5 Å². The third-order valence-electron chi connectivity index (χ3n) is 4.63. The highest BCUT2D eigenvalue weighted by Gasteiger charge is 2.36. The molecule has 0 aromatic carbocycles. The van der Waals surface area contributed by atoms with Gasteiger partial charge in [-0.1, -0.05) is 0 Å². The van der Waals surface area contributed by atoms with E-state index in [2.05, 4.69) is 14.9 Å². The molecule has 2 fully saturated rings. The van der Waals surface area contributed by atoms with Gasteiger partial charge >= 0.3 is 0 Å². The van der Waals surface area contributed by atoms with Crippen LogP contribution < -0.4 is 9.80 Å². The van der Waals surface area contributed by atoms with E-state index in [1.165, 1.54) is 0 Å². The summed E-state index contributed by atoms with van der Waals surface area (Å²) in [5.41, 5.74) is 0. The Morgan fingerprint density at radius 2 is 1.69 bits per heavy atom. The summed E-state index contributed by atoms with van der Waals surface area (Å²) in [4.78, 5) is 12.7. The minimum atomic E-state index is -3.46. The molecular weight excluding hydrogens is 356 g/mol. The number of anilines is 2. The van der Waals surface area contributed by atoms with E-state index in [0.29, 0.717) is 45.2 Å². The molecule has 0 N–H and O–H groups in total. The Labute approximate surface area is 155 Å². The first kappa shape index (κ1) is 19.3. The second-order valence-corrected chi connectivity index (χ2v) is 9.01. The number of rotatable bonds is 4. The quantitative estimate of drug-likeness (QED) is 0.724. The van der Waals surface area contributed by atoms with E-state index in [9.17, 15) is 8.42 Å². The summed E-state index contributed by atoms with van der Waals surface area (Å²) in [6, 6.07) is 1.86. The van der Waals surface area contributed by atoms with Crippen molar-refractivity contribution in [2.24, 2.45) is 0 Å². The lowest BCUT2D eigenvalue weighted by molar-refractivity contribution is -0.0455. The van der Waals surface area contributed by atoms with Crippen molar-refractivity contribution in [3.63, 3.8) is 0 Å². The predicted octanol–water partition coefficient (Wildman–Crippen LogP) is 0.0186. The molecule has 0 saturated carbocycles. The van der Waals surface area contributed by atoms with Crippen molar-refractivity contribution in [3.8, 4) is 0 Å². The molecule has 2 unspecified atom stereocenters. The van der Waals surface area contributed by atoms with Crippen LogP contribution in [0, 0.1) is 0 Å². The highest BCUT2D eigenvalue weighted by atomic mass is 32.2. The van der Waals surface area contributed by atoms with E-state index < -0.39 is 10.2 Å². The van der Waals surface area contributed by atoms with E-state index in [0.717, 1.165) is 5.82 Å². The van der Waals surface area contributed by atoms with Gasteiger partial charge in [-0.3, -0.25) is 0 Å². The minimum Gasteiger partial charge on any atom is -0.373 e. The lowest BCUT2D eigenvalue weighted by Gasteiger charge is -2.40. The zero-order valence-corrected chi connectivity index (χ0v) is 16.7. The summed E-state index contributed by atoms with van der Waals surface area (Å²) in [5, 5.41) is 0. The predicted molar refractivity (Wildman–Crippen MR) is 101 cm³/mol. The van der Waals surface area contributed by atoms with Crippen LogP contribution in [0.25, 0.3) is 0 Å². The summed E-state index contributed by atoms with van der Waals surface area (Å²) in [7, 11) is 0.334. The van der Waals surface area contributed by atoms with E-state index in [4.69, 9.17) is 4.74 Å². The van der Waals surface area contributed by atoms with Gasteiger partial charge in [0.1, 0.15) is 5.82 Å². The Morgan fingerprint density at radius 1 is 1.08 bits per heavy atom. The highest BCUT2D eigenvalue weighted by Crippen LogP contribution is 2.21. The molecule has 2 aliphatic heterocycles. The van der Waals surface area contributed by atoms with E-state index >= 15 is 0 Å². The van der Waals surface area contributed by atoms with E-state index in [-0.39, 0.29) is 12.2 Å². The maximum atomic E-state index is 13.0. The number of nitrogens with zero attached hydrogens (tertiary/aromatic N) is 6. The second kappa shape index (κ2) is 7.63. The van der Waals surface area contributed by atoms with Crippen LogP contribution >= 0.6 is 0 Å². The topological polar surface area (TPSA) is 82.1 Å². The molecule has 2 saturated heterocycles. The molecular formula is C16H28N6O3S. The molecule has 0 bridgehead atoms. The molecule has 26 heavy (non-hydrogen) atoms. The van der Waals surface area contributed by atoms with Gasteiger partial charge in [0.05, 0.1) is 12.2 Å². The number of morpholine rings is 1. The summed E-state index contributed by atoms with van der Waals surface area (Å²) in [6.45, 7) is 6.75. The van der Waals surface area contributed by atoms with Gasteiger partial charge in [-0.25, -0.2) is 4.98 Å². The van der Waals surface area contributed by atoms with Gasteiger partial charge in [-0.05, 0) is 19.9 Å². The fraction of sp³-hybridized carbons (Fsp3) is 0.750. The number of hydrogen-bond acceptors (Lipinski definition) is 7. The molecule has 0 spiro atoms. The number of aromatic nitrogens is 2. The minimum absolute atomic E-state index is 0.0831. The Morgan fingerprint density at radius 3 is 2.27 bits per heavy atom. The Hall–Kier alpha value is -1.49. The molecule has 1 aromatic rings. The van der Waals surface area contributed by atoms with Crippen molar-refractivity contribution >= 4 is 22.0 Å². The van der Waals surface area contributed by atoms with Crippen LogP contribution in [0.2, 0.25) is 0 Å². The molecule has 0 radical (unpaired) electrons. The number of piperazine rings is 1. The van der Waals surface area contributed by atoms with Crippen LogP contribution in [0.4, 0.5) is 11.8 Å². The molecule has 10 heteroatoms. The lowest BCUT2D eigenvalue weighted by Crippen LogP contribution is -2.57. The zero-order valence-electron chi connectivity index (χ0n) is 15.9. The molecule has 0 aliphatic carbocycles. The standard InChI is InChI=1S/C16H28N6O3S/c1-13-11-22(12-14(2)25-13)26(23,24)21-9-7-20(8-10-21)15-5-6-17-16(18-15)19(3)4/h5-6,13-14H,7-12H2,1-4H3. The maximum Gasteiger partial charge on any atom is 0.282 e. The first-order chi connectivity index (χ1) is 12.3. The number of hydrogen-bond donors (Lipinski definition) is 0. The second-order valence-electron chi connectivity index (χ2n) is 7.08. The van der Waals surface area contributed by atoms with Crippen molar-refractivity contribution in [1.29, 1.82) is 0 Å². The molecule has 2 aliphatic rings. The average Bonchev–Trinajstić information content (AvgIpc) is 2.61. The van der Waals surface area contributed by atoms with Crippen molar-refractivity contribution < 1.29 is 13.2 Å². The smallest absolute Gasteiger partial charge is 0.282 e. The van der Waals surface area contributed by atoms with Gasteiger partial charge in [0.2, 0.25) is 5.95 Å². The highest BCUT2D eigenvalue weighted by molar-refractivity contribution is 7.86. The fourth-order valence-corrected chi connectivity index (χ4v) is 5.11. The third-order valence-corrected chi connectivity index (χ3v) is 6.60. The molecule has 0 amide bonds. The van der Waals surface area contributed by atoms with Gasteiger partial charge in [-0.2, -0.15) is 22.0 Å². The van der Waals surface area contributed by atoms with E-state index in [1.54, 1.807) is 14.8 Å². The van der Waals surface area contributed by atoms with Crippen LogP contribution in [0.5, 0.6) is 0 Å². The normalized spacial score (nSPS) is 26.1. The molecule has 2 atom stereocenters. The zero-order chi connectivity index (χ0) is 18.9. The Kier molecular flexibility index (Phi) is 5.66. The Balaban J connectivity index is 1.65. The van der Waals surface area contributed by atoms with Crippen LogP contribution in [-0.2, 0) is 14.9 Å². The van der Waals surface area contributed by atoms with Crippen molar-refractivity contribution in [1.82, 2.24) is 18.6 Å². The molecule has 3 heterocycles. The monoisotopic (exact) mass is 384 g/mol. The van der Waals surface area contributed by atoms with Crippen LogP contribution in [0.3, 0.4) is 0 Å². The fourth-order valence-electron chi connectivity index (χ4n) is 3.36. The van der Waals surface area contributed by atoms with Gasteiger partial charge in [0.25, 0.3) is 10.2 Å². The van der Waals surface area contributed by atoms with Gasteiger partial charge in [0.15, 0.2) is 0 Å². The van der Waals surface area contributed by atoms with Gasteiger partial charge in [0, 0.05) is 59.6 Å². The average molecular weight is 385 g/mol. The maximum absolute atomic E-state index is 13.0. The van der Waals surface area contributed by atoms with Crippen LogP contribution in [0.1, 0.15) is 13.8 Å². The van der Waals surface area contributed by atoms with Crippen LogP contribution in [-0.4, -0.2) is 92.6 Å². The van der Waals surface area contributed by atoms with Crippen molar-refractivity contribution in [3.05, 3.63) is 12.3 Å². The van der Waals surface area contributed by atoms with E-state index in [1.807, 2.05) is 38.9 Å². The first-order valence-electron chi connectivity index (χ1n) is 8.93. The van der Waals surface area contributed by atoms with Crippen LogP contribution in [0.15, 0.2) is 12.3 Å². The molecule has 1 aromatic heterocycles. The molecule has 3 rings (SSSR count). The summed E-state index contributed by atoms with van der Waals surface area (Å²) < 4.78 is 34.7. The van der Waals surface area contributed by atoms with Gasteiger partial charge in [-0.15, -0.1) is 0 Å². The molecule has 9 nitrogen and oxygen atoms in total. The summed E-state index contributed by atoms with van der Waals surface area (Å²) in [6.07, 6.45) is 1.57. The SMILES string of the molecule is CC1CN(S(=O)(=O)N2CCN(c3ccnc(N(C)C)n3)CC2)CC(C)O1. The largest absolute Gasteiger partial charge is 0.373 e. The lowest BCUT2D eigenvalue weighted by atomic mass is 10.3. The van der Waals surface area contributed by atoms with Crippen molar-refractivity contribution in [2.45, 2.75) is 26.1 Å². The molecule has 146 valence electrons. The number of ether oxygens (including phenoxy) is 1. The van der Waals surface area contributed by atoms with Crippen molar-refractivity contribution in [2.75, 3.05) is 63.2 Å². The summed E-state index contributed by atoms with van der Waals surface area (Å²) in [5.74, 6) is 1.48. The third kappa shape index (κ3) is 4.08. The summed E-state index contributed by atoms with van der Waals surface area (Å²) >= 11 is 0. The first-order valence-corrected chi connectivity index (χ1v) is 10.3. The Bertz CT molecular complexity index is 710.